The summed E-state index contributed by atoms with van der Waals surface area (Å²) in [7, 11) is -3.51. The highest BCUT2D eigenvalue weighted by atomic mass is 32.2. The van der Waals surface area contributed by atoms with E-state index in [1.165, 1.54) is 10.7 Å². The van der Waals surface area contributed by atoms with Gasteiger partial charge in [0, 0.05) is 23.7 Å². The Balaban J connectivity index is 1.76. The summed E-state index contributed by atoms with van der Waals surface area (Å²) in [6, 6.07) is 13.3. The minimum Gasteiger partial charge on any atom is -0.253 e. The Bertz CT molecular complexity index is 1150. The summed E-state index contributed by atoms with van der Waals surface area (Å²) in [4.78, 5) is 9.72. The third kappa shape index (κ3) is 3.54. The number of fused-ring (bicyclic) bond motifs is 1. The Kier molecular flexibility index (Phi) is 4.61. The summed E-state index contributed by atoms with van der Waals surface area (Å²) in [5, 5.41) is 4.46. The molecule has 0 N–H and O–H groups in total. The molecule has 6 nitrogen and oxygen atoms in total. The third-order valence-electron chi connectivity index (χ3n) is 4.49. The van der Waals surface area contributed by atoms with Crippen LogP contribution in [-0.2, 0) is 10.0 Å². The fraction of sp³-hybridized carbons (Fsp3) is 0.211. The Morgan fingerprint density at radius 1 is 1.07 bits per heavy atom. The number of hydrazone groups is 1. The van der Waals surface area contributed by atoms with Crippen molar-refractivity contribution in [1.29, 1.82) is 0 Å². The highest BCUT2D eigenvalue weighted by Crippen LogP contribution is 2.35. The van der Waals surface area contributed by atoms with Crippen LogP contribution in [0, 0.1) is 0 Å². The third-order valence-corrected chi connectivity index (χ3v) is 6.23. The molecule has 0 unspecified atom stereocenters. The summed E-state index contributed by atoms with van der Waals surface area (Å²) in [5.41, 5.74) is 4.08. The quantitative estimate of drug-likeness (QED) is 0.629. The van der Waals surface area contributed by atoms with Crippen molar-refractivity contribution < 1.29 is 8.42 Å². The molecule has 0 aliphatic carbocycles. The molecular formula is C19H18N4O2S2. The van der Waals surface area contributed by atoms with Crippen LogP contribution in [0.5, 0.6) is 0 Å². The summed E-state index contributed by atoms with van der Waals surface area (Å²) in [6.07, 6.45) is 6.98. The standard InChI is InChI=1S/C19H18N4O2S2/c1-26-15-5-3-4-13(10-15)17-12-19(23(22-17)27(2,24)25)14-6-7-16-18(11-14)21-9-8-20-16/h3-11,19H,12H2,1-2H3/t19-/m0/s1. The molecule has 1 atom stereocenters. The van der Waals surface area contributed by atoms with Crippen LogP contribution in [0.15, 0.2) is 64.9 Å². The fourth-order valence-electron chi connectivity index (χ4n) is 3.21. The van der Waals surface area contributed by atoms with Crippen LogP contribution in [0.25, 0.3) is 11.0 Å². The normalized spacial score (nSPS) is 17.3. The lowest BCUT2D eigenvalue weighted by molar-refractivity contribution is 0.375. The first-order valence-corrected chi connectivity index (χ1v) is 11.4. The van der Waals surface area contributed by atoms with Gasteiger partial charge < -0.3 is 0 Å². The van der Waals surface area contributed by atoms with Crippen LogP contribution in [0.3, 0.4) is 0 Å². The molecule has 4 rings (SSSR count). The van der Waals surface area contributed by atoms with Gasteiger partial charge in [0.1, 0.15) is 0 Å². The van der Waals surface area contributed by atoms with Crippen molar-refractivity contribution in [1.82, 2.24) is 14.4 Å². The predicted molar refractivity (Wildman–Crippen MR) is 108 cm³/mol. The number of hydrogen-bond acceptors (Lipinski definition) is 6. The monoisotopic (exact) mass is 398 g/mol. The maximum absolute atomic E-state index is 12.4. The second-order valence-corrected chi connectivity index (χ2v) is 9.06. The molecule has 3 aromatic rings. The van der Waals surface area contributed by atoms with Gasteiger partial charge in [0.15, 0.2) is 0 Å². The molecule has 0 spiro atoms. The zero-order chi connectivity index (χ0) is 19.0. The fourth-order valence-corrected chi connectivity index (χ4v) is 4.57. The zero-order valence-electron chi connectivity index (χ0n) is 14.9. The molecule has 0 saturated carbocycles. The average Bonchev–Trinajstić information content (AvgIpc) is 3.14. The van der Waals surface area contributed by atoms with Gasteiger partial charge in [-0.25, -0.2) is 8.42 Å². The lowest BCUT2D eigenvalue weighted by Crippen LogP contribution is -2.25. The van der Waals surface area contributed by atoms with Crippen molar-refractivity contribution in [3.05, 3.63) is 66.0 Å². The zero-order valence-corrected chi connectivity index (χ0v) is 16.5. The lowest BCUT2D eigenvalue weighted by atomic mass is 9.99. The second kappa shape index (κ2) is 6.94. The van der Waals surface area contributed by atoms with Crippen LogP contribution in [0.2, 0.25) is 0 Å². The maximum Gasteiger partial charge on any atom is 0.247 e. The van der Waals surface area contributed by atoms with Gasteiger partial charge in [-0.1, -0.05) is 18.2 Å². The first-order valence-electron chi connectivity index (χ1n) is 8.38. The minimum atomic E-state index is -3.51. The Hall–Kier alpha value is -2.45. The molecule has 1 aliphatic rings. The Labute approximate surface area is 162 Å². The Morgan fingerprint density at radius 2 is 1.85 bits per heavy atom. The van der Waals surface area contributed by atoms with E-state index in [0.29, 0.717) is 6.42 Å². The van der Waals surface area contributed by atoms with E-state index in [1.54, 1.807) is 24.2 Å². The van der Waals surface area contributed by atoms with Gasteiger partial charge in [0.2, 0.25) is 10.0 Å². The van der Waals surface area contributed by atoms with Gasteiger partial charge in [0.25, 0.3) is 0 Å². The number of aromatic nitrogens is 2. The number of rotatable bonds is 4. The van der Waals surface area contributed by atoms with Crippen LogP contribution in [-0.4, -0.2) is 41.0 Å². The van der Waals surface area contributed by atoms with Gasteiger partial charge >= 0.3 is 0 Å². The van der Waals surface area contributed by atoms with Crippen molar-refractivity contribution in [2.24, 2.45) is 5.10 Å². The van der Waals surface area contributed by atoms with E-state index in [0.717, 1.165) is 32.8 Å². The van der Waals surface area contributed by atoms with Crippen molar-refractivity contribution in [3.8, 4) is 0 Å². The van der Waals surface area contributed by atoms with Gasteiger partial charge in [-0.15, -0.1) is 11.8 Å². The molecular weight excluding hydrogens is 380 g/mol. The van der Waals surface area contributed by atoms with Crippen LogP contribution < -0.4 is 0 Å². The summed E-state index contributed by atoms with van der Waals surface area (Å²) >= 11 is 1.64. The number of benzene rings is 2. The van der Waals surface area contributed by atoms with Crippen molar-refractivity contribution >= 4 is 38.5 Å². The predicted octanol–water partition coefficient (Wildman–Crippen LogP) is 3.46. The summed E-state index contributed by atoms with van der Waals surface area (Å²) in [6.45, 7) is 0. The molecule has 0 saturated heterocycles. The van der Waals surface area contributed by atoms with Crippen molar-refractivity contribution in [2.75, 3.05) is 12.5 Å². The molecule has 0 radical (unpaired) electrons. The number of nitrogens with zero attached hydrogens (tertiary/aromatic N) is 4. The Morgan fingerprint density at radius 3 is 2.59 bits per heavy atom. The van der Waals surface area contributed by atoms with E-state index < -0.39 is 10.0 Å². The molecule has 2 heterocycles. The molecule has 1 aromatic heterocycles. The maximum atomic E-state index is 12.4. The SMILES string of the molecule is CSc1cccc(C2=NN(S(C)(=O)=O)[C@H](c3ccc4nccnc4c3)C2)c1. The van der Waals surface area contributed by atoms with E-state index in [9.17, 15) is 8.42 Å². The van der Waals surface area contributed by atoms with E-state index in [1.807, 2.05) is 48.7 Å². The number of hydrogen-bond donors (Lipinski definition) is 0. The molecule has 0 fully saturated rings. The first kappa shape index (κ1) is 17.9. The van der Waals surface area contributed by atoms with Gasteiger partial charge in [0.05, 0.1) is 29.0 Å². The first-order chi connectivity index (χ1) is 13.0. The molecule has 0 amide bonds. The second-order valence-electron chi connectivity index (χ2n) is 6.34. The van der Waals surface area contributed by atoms with E-state index in [4.69, 9.17) is 0 Å². The number of thioether (sulfide) groups is 1. The van der Waals surface area contributed by atoms with Gasteiger partial charge in [-0.3, -0.25) is 9.97 Å². The van der Waals surface area contributed by atoms with E-state index in [-0.39, 0.29) is 6.04 Å². The minimum absolute atomic E-state index is 0.389. The largest absolute Gasteiger partial charge is 0.253 e. The van der Waals surface area contributed by atoms with Crippen LogP contribution in [0.4, 0.5) is 0 Å². The molecule has 1 aliphatic heterocycles. The van der Waals surface area contributed by atoms with E-state index >= 15 is 0 Å². The van der Waals surface area contributed by atoms with Crippen LogP contribution >= 0.6 is 11.8 Å². The summed E-state index contributed by atoms with van der Waals surface area (Å²) < 4.78 is 25.9. The average molecular weight is 399 g/mol. The highest BCUT2D eigenvalue weighted by molar-refractivity contribution is 7.98. The molecule has 27 heavy (non-hydrogen) atoms. The topological polar surface area (TPSA) is 75.5 Å². The van der Waals surface area contributed by atoms with E-state index in [2.05, 4.69) is 15.1 Å². The smallest absolute Gasteiger partial charge is 0.247 e. The molecule has 138 valence electrons. The van der Waals surface area contributed by atoms with Gasteiger partial charge in [-0.2, -0.15) is 9.52 Å². The van der Waals surface area contributed by atoms with Gasteiger partial charge in [-0.05, 0) is 41.6 Å². The molecule has 0 bridgehead atoms. The highest BCUT2D eigenvalue weighted by Gasteiger charge is 2.34. The van der Waals surface area contributed by atoms with Crippen LogP contribution in [0.1, 0.15) is 23.6 Å². The summed E-state index contributed by atoms with van der Waals surface area (Å²) in [5.74, 6) is 0. The lowest BCUT2D eigenvalue weighted by Gasteiger charge is -2.21. The number of sulfonamides is 1. The molecule has 2 aromatic carbocycles. The molecule has 8 heteroatoms. The van der Waals surface area contributed by atoms with Crippen molar-refractivity contribution in [2.45, 2.75) is 17.4 Å². The van der Waals surface area contributed by atoms with Crippen molar-refractivity contribution in [3.63, 3.8) is 0 Å².